The minimum absolute atomic E-state index is 0.0429. The highest BCUT2D eigenvalue weighted by molar-refractivity contribution is 6.30. The molecule has 1 aromatic carbocycles. The fourth-order valence-corrected chi connectivity index (χ4v) is 2.27. The van der Waals surface area contributed by atoms with Gasteiger partial charge >= 0.3 is 0 Å². The van der Waals surface area contributed by atoms with E-state index in [0.717, 1.165) is 22.8 Å². The van der Waals surface area contributed by atoms with Gasteiger partial charge in [-0.15, -0.1) is 0 Å². The van der Waals surface area contributed by atoms with Crippen molar-refractivity contribution in [2.75, 3.05) is 6.54 Å². The number of hydrogen-bond donors (Lipinski definition) is 1. The molecule has 0 saturated carbocycles. The molecule has 4 heteroatoms. The number of nitrogens with zero attached hydrogens (tertiary/aromatic N) is 1. The lowest BCUT2D eigenvalue weighted by atomic mass is 10.1. The molecule has 0 saturated heterocycles. The average Bonchev–Trinajstić information content (AvgIpc) is 2.73. The van der Waals surface area contributed by atoms with Crippen molar-refractivity contribution < 1.29 is 4.79 Å². The number of carbonyl (C=O) groups excluding carboxylic acids is 1. The summed E-state index contributed by atoms with van der Waals surface area (Å²) in [7, 11) is 0. The van der Waals surface area contributed by atoms with E-state index < -0.39 is 0 Å². The molecule has 0 spiro atoms. The Morgan fingerprint density at radius 2 is 1.70 bits per heavy atom. The first-order valence-electron chi connectivity index (χ1n) is 6.70. The fourth-order valence-electron chi connectivity index (χ4n) is 2.15. The summed E-state index contributed by atoms with van der Waals surface area (Å²) in [4.78, 5) is 11.9. The van der Waals surface area contributed by atoms with Gasteiger partial charge in [-0.05, 0) is 50.1 Å². The Kier molecular flexibility index (Phi) is 4.85. The quantitative estimate of drug-likeness (QED) is 0.902. The van der Waals surface area contributed by atoms with Crippen LogP contribution in [-0.2, 0) is 17.8 Å². The number of benzene rings is 1. The van der Waals surface area contributed by atoms with Crippen LogP contribution in [0.1, 0.15) is 17.0 Å². The Bertz CT molecular complexity index is 568. The molecule has 106 valence electrons. The first kappa shape index (κ1) is 14.7. The molecule has 0 radical (unpaired) electrons. The first-order valence-corrected chi connectivity index (χ1v) is 7.08. The van der Waals surface area contributed by atoms with E-state index in [-0.39, 0.29) is 5.91 Å². The minimum Gasteiger partial charge on any atom is -0.354 e. The van der Waals surface area contributed by atoms with Gasteiger partial charge in [-0.25, -0.2) is 0 Å². The van der Waals surface area contributed by atoms with Crippen LogP contribution in [0.4, 0.5) is 0 Å². The van der Waals surface area contributed by atoms with Crippen LogP contribution in [0.3, 0.4) is 0 Å². The van der Waals surface area contributed by atoms with Crippen molar-refractivity contribution in [3.8, 4) is 0 Å². The van der Waals surface area contributed by atoms with E-state index >= 15 is 0 Å². The van der Waals surface area contributed by atoms with Gasteiger partial charge in [0.2, 0.25) is 5.91 Å². The second-order valence-electron chi connectivity index (χ2n) is 4.93. The van der Waals surface area contributed by atoms with Gasteiger partial charge in [0.1, 0.15) is 6.54 Å². The molecule has 20 heavy (non-hydrogen) atoms. The Balaban J connectivity index is 1.80. The number of halogens is 1. The van der Waals surface area contributed by atoms with Crippen molar-refractivity contribution >= 4 is 17.5 Å². The topological polar surface area (TPSA) is 34.0 Å². The third-order valence-electron chi connectivity index (χ3n) is 3.37. The lowest BCUT2D eigenvalue weighted by Gasteiger charge is -2.10. The summed E-state index contributed by atoms with van der Waals surface area (Å²) in [5.41, 5.74) is 3.38. The predicted molar refractivity (Wildman–Crippen MR) is 82.1 cm³/mol. The second kappa shape index (κ2) is 6.62. The number of hydrogen-bond acceptors (Lipinski definition) is 1. The average molecular weight is 291 g/mol. The van der Waals surface area contributed by atoms with Gasteiger partial charge in [0.25, 0.3) is 0 Å². The highest BCUT2D eigenvalue weighted by Crippen LogP contribution is 2.09. The third kappa shape index (κ3) is 3.87. The van der Waals surface area contributed by atoms with Gasteiger partial charge in [0.15, 0.2) is 0 Å². The van der Waals surface area contributed by atoms with Crippen molar-refractivity contribution in [1.29, 1.82) is 0 Å². The molecule has 3 nitrogen and oxygen atoms in total. The van der Waals surface area contributed by atoms with Crippen molar-refractivity contribution in [2.45, 2.75) is 26.8 Å². The highest BCUT2D eigenvalue weighted by Gasteiger charge is 2.06. The molecule has 1 N–H and O–H groups in total. The number of carbonyl (C=O) groups is 1. The van der Waals surface area contributed by atoms with E-state index in [2.05, 4.69) is 5.32 Å². The van der Waals surface area contributed by atoms with Crippen LogP contribution >= 0.6 is 11.6 Å². The van der Waals surface area contributed by atoms with Crippen LogP contribution in [0.5, 0.6) is 0 Å². The Morgan fingerprint density at radius 1 is 1.10 bits per heavy atom. The van der Waals surface area contributed by atoms with E-state index in [9.17, 15) is 4.79 Å². The van der Waals surface area contributed by atoms with Gasteiger partial charge in [0, 0.05) is 23.0 Å². The molecule has 0 fully saturated rings. The van der Waals surface area contributed by atoms with Gasteiger partial charge in [-0.1, -0.05) is 23.7 Å². The van der Waals surface area contributed by atoms with Crippen LogP contribution < -0.4 is 5.32 Å². The van der Waals surface area contributed by atoms with Crippen molar-refractivity contribution in [3.63, 3.8) is 0 Å². The number of amides is 1. The third-order valence-corrected chi connectivity index (χ3v) is 3.62. The van der Waals surface area contributed by atoms with Gasteiger partial charge in [0.05, 0.1) is 0 Å². The second-order valence-corrected chi connectivity index (χ2v) is 5.37. The number of rotatable bonds is 5. The van der Waals surface area contributed by atoms with E-state index in [1.807, 2.05) is 54.8 Å². The molecule has 1 aromatic heterocycles. The van der Waals surface area contributed by atoms with E-state index in [4.69, 9.17) is 11.6 Å². The van der Waals surface area contributed by atoms with Crippen LogP contribution in [0.15, 0.2) is 36.4 Å². The molecule has 0 aliphatic heterocycles. The van der Waals surface area contributed by atoms with Crippen LogP contribution in [0.2, 0.25) is 5.02 Å². The lowest BCUT2D eigenvalue weighted by molar-refractivity contribution is -0.121. The highest BCUT2D eigenvalue weighted by atomic mass is 35.5. The Hall–Kier alpha value is -1.74. The first-order chi connectivity index (χ1) is 9.56. The molecular weight excluding hydrogens is 272 g/mol. The molecule has 2 rings (SSSR count). The molecule has 2 aromatic rings. The van der Waals surface area contributed by atoms with E-state index in [1.165, 1.54) is 5.56 Å². The van der Waals surface area contributed by atoms with Crippen LogP contribution in [-0.4, -0.2) is 17.0 Å². The van der Waals surface area contributed by atoms with Gasteiger partial charge < -0.3 is 9.88 Å². The summed E-state index contributed by atoms with van der Waals surface area (Å²) in [6, 6.07) is 11.7. The Labute approximate surface area is 124 Å². The zero-order valence-corrected chi connectivity index (χ0v) is 12.6. The monoisotopic (exact) mass is 290 g/mol. The summed E-state index contributed by atoms with van der Waals surface area (Å²) in [6.45, 7) is 5.03. The molecule has 0 aliphatic rings. The molecule has 0 bridgehead atoms. The lowest BCUT2D eigenvalue weighted by Crippen LogP contribution is -2.29. The minimum atomic E-state index is 0.0429. The molecule has 1 amide bonds. The summed E-state index contributed by atoms with van der Waals surface area (Å²) in [5.74, 6) is 0.0429. The summed E-state index contributed by atoms with van der Waals surface area (Å²) < 4.78 is 2.01. The molecule has 1 heterocycles. The van der Waals surface area contributed by atoms with Gasteiger partial charge in [-0.3, -0.25) is 4.79 Å². The zero-order chi connectivity index (χ0) is 14.5. The summed E-state index contributed by atoms with van der Waals surface area (Å²) in [5, 5.41) is 3.68. The van der Waals surface area contributed by atoms with E-state index in [1.54, 1.807) is 0 Å². The van der Waals surface area contributed by atoms with E-state index in [0.29, 0.717) is 13.1 Å². The van der Waals surface area contributed by atoms with Gasteiger partial charge in [-0.2, -0.15) is 0 Å². The van der Waals surface area contributed by atoms with Crippen LogP contribution in [0, 0.1) is 13.8 Å². The molecule has 0 aliphatic carbocycles. The smallest absolute Gasteiger partial charge is 0.239 e. The maximum Gasteiger partial charge on any atom is 0.239 e. The maximum atomic E-state index is 11.9. The zero-order valence-electron chi connectivity index (χ0n) is 11.8. The Morgan fingerprint density at radius 3 is 2.30 bits per heavy atom. The summed E-state index contributed by atoms with van der Waals surface area (Å²) >= 11 is 5.83. The normalized spacial score (nSPS) is 10.6. The van der Waals surface area contributed by atoms with Crippen LogP contribution in [0.25, 0.3) is 0 Å². The number of nitrogens with one attached hydrogen (secondary N) is 1. The van der Waals surface area contributed by atoms with Crippen molar-refractivity contribution in [1.82, 2.24) is 9.88 Å². The van der Waals surface area contributed by atoms with Crippen molar-refractivity contribution in [3.05, 3.63) is 58.4 Å². The molecular formula is C16H19ClN2O. The molecule has 0 atom stereocenters. The molecule has 0 unspecified atom stereocenters. The fraction of sp³-hybridized carbons (Fsp3) is 0.312. The number of aryl methyl sites for hydroxylation is 2. The summed E-state index contributed by atoms with van der Waals surface area (Å²) in [6.07, 6.45) is 0.812. The SMILES string of the molecule is Cc1ccc(C)n1CC(=O)NCCc1ccc(Cl)cc1. The predicted octanol–water partition coefficient (Wildman–Crippen LogP) is 3.12. The maximum absolute atomic E-state index is 11.9. The van der Waals surface area contributed by atoms with Crippen molar-refractivity contribution in [2.24, 2.45) is 0 Å². The largest absolute Gasteiger partial charge is 0.354 e. The number of aromatic nitrogens is 1. The standard InChI is InChI=1S/C16H19ClN2O/c1-12-3-4-13(2)19(12)11-16(20)18-10-9-14-5-7-15(17)8-6-14/h3-8H,9-11H2,1-2H3,(H,18,20).